The summed E-state index contributed by atoms with van der Waals surface area (Å²) in [6.45, 7) is 4.76. The second kappa shape index (κ2) is 7.33. The standard InChI is InChI=1S/C14H20ClNO/c1-3-4-10-16(14(17)12(2)11-15)13-8-6-5-7-9-13/h5-9,12H,3-4,10-11H2,1-2H3. The van der Waals surface area contributed by atoms with Crippen LogP contribution in [0.5, 0.6) is 0 Å². The molecule has 0 heterocycles. The summed E-state index contributed by atoms with van der Waals surface area (Å²) in [5.41, 5.74) is 0.961. The van der Waals surface area contributed by atoms with Crippen LogP contribution in [0.1, 0.15) is 26.7 Å². The van der Waals surface area contributed by atoms with Crippen molar-refractivity contribution >= 4 is 23.2 Å². The number of benzene rings is 1. The lowest BCUT2D eigenvalue weighted by Crippen LogP contribution is -2.36. The number of unbranched alkanes of at least 4 members (excludes halogenated alkanes) is 1. The van der Waals surface area contributed by atoms with Crippen molar-refractivity contribution in [3.63, 3.8) is 0 Å². The van der Waals surface area contributed by atoms with Crippen molar-refractivity contribution in [1.29, 1.82) is 0 Å². The summed E-state index contributed by atoms with van der Waals surface area (Å²) in [4.78, 5) is 14.1. The van der Waals surface area contributed by atoms with Gasteiger partial charge in [0.05, 0.1) is 0 Å². The van der Waals surface area contributed by atoms with E-state index in [0.717, 1.165) is 25.1 Å². The van der Waals surface area contributed by atoms with E-state index in [4.69, 9.17) is 11.6 Å². The Bertz CT molecular complexity index is 339. The third-order valence-electron chi connectivity index (χ3n) is 2.72. The van der Waals surface area contributed by atoms with Gasteiger partial charge in [0.2, 0.25) is 5.91 Å². The van der Waals surface area contributed by atoms with Crippen LogP contribution in [0.15, 0.2) is 30.3 Å². The number of halogens is 1. The number of anilines is 1. The highest BCUT2D eigenvalue weighted by molar-refractivity contribution is 6.19. The van der Waals surface area contributed by atoms with E-state index in [2.05, 4.69) is 6.92 Å². The van der Waals surface area contributed by atoms with Crippen LogP contribution in [-0.2, 0) is 4.79 Å². The molecule has 0 radical (unpaired) electrons. The van der Waals surface area contributed by atoms with Crippen LogP contribution in [0.25, 0.3) is 0 Å². The molecule has 0 aliphatic rings. The van der Waals surface area contributed by atoms with Crippen molar-refractivity contribution in [2.45, 2.75) is 26.7 Å². The van der Waals surface area contributed by atoms with Crippen LogP contribution in [0.2, 0.25) is 0 Å². The lowest BCUT2D eigenvalue weighted by molar-refractivity contribution is -0.121. The second-order valence-electron chi connectivity index (χ2n) is 4.23. The number of nitrogens with zero attached hydrogens (tertiary/aromatic N) is 1. The molecule has 0 aliphatic heterocycles. The monoisotopic (exact) mass is 253 g/mol. The van der Waals surface area contributed by atoms with Crippen LogP contribution in [-0.4, -0.2) is 18.3 Å². The Hall–Kier alpha value is -1.02. The Morgan fingerprint density at radius 1 is 1.35 bits per heavy atom. The average molecular weight is 254 g/mol. The summed E-state index contributed by atoms with van der Waals surface area (Å²) in [6.07, 6.45) is 2.08. The molecule has 1 amide bonds. The molecule has 1 rings (SSSR count). The Kier molecular flexibility index (Phi) is 6.06. The maximum atomic E-state index is 12.2. The molecule has 0 N–H and O–H groups in total. The van der Waals surface area contributed by atoms with E-state index >= 15 is 0 Å². The summed E-state index contributed by atoms with van der Waals surface area (Å²) >= 11 is 5.76. The second-order valence-corrected chi connectivity index (χ2v) is 4.54. The van der Waals surface area contributed by atoms with Gasteiger partial charge in [-0.3, -0.25) is 4.79 Å². The molecular formula is C14H20ClNO. The summed E-state index contributed by atoms with van der Waals surface area (Å²) in [6, 6.07) is 9.79. The van der Waals surface area contributed by atoms with Crippen molar-refractivity contribution in [3.8, 4) is 0 Å². The Morgan fingerprint density at radius 2 is 2.00 bits per heavy atom. The Morgan fingerprint density at radius 3 is 2.53 bits per heavy atom. The van der Waals surface area contributed by atoms with Gasteiger partial charge >= 0.3 is 0 Å². The minimum absolute atomic E-state index is 0.111. The van der Waals surface area contributed by atoms with Gasteiger partial charge in [-0.1, -0.05) is 38.5 Å². The largest absolute Gasteiger partial charge is 0.312 e. The van der Waals surface area contributed by atoms with E-state index in [-0.39, 0.29) is 11.8 Å². The van der Waals surface area contributed by atoms with E-state index in [1.165, 1.54) is 0 Å². The molecule has 0 bridgehead atoms. The molecule has 0 saturated heterocycles. The Balaban J connectivity index is 2.84. The number of hydrogen-bond acceptors (Lipinski definition) is 1. The average Bonchev–Trinajstić information content (AvgIpc) is 2.39. The predicted molar refractivity (Wildman–Crippen MR) is 73.6 cm³/mol. The van der Waals surface area contributed by atoms with Gasteiger partial charge in [0.15, 0.2) is 0 Å². The molecular weight excluding hydrogens is 234 g/mol. The smallest absolute Gasteiger partial charge is 0.231 e. The van der Waals surface area contributed by atoms with Crippen LogP contribution >= 0.6 is 11.6 Å². The molecule has 0 aliphatic carbocycles. The number of carbonyl (C=O) groups is 1. The molecule has 94 valence electrons. The Labute approximate surface area is 109 Å². The first kappa shape index (κ1) is 14.0. The van der Waals surface area contributed by atoms with Crippen LogP contribution in [0.3, 0.4) is 0 Å². The summed E-state index contributed by atoms with van der Waals surface area (Å²) < 4.78 is 0. The fraction of sp³-hybridized carbons (Fsp3) is 0.500. The highest BCUT2D eigenvalue weighted by Gasteiger charge is 2.20. The number of carbonyl (C=O) groups excluding carboxylic acids is 1. The maximum Gasteiger partial charge on any atom is 0.231 e. The van der Waals surface area contributed by atoms with E-state index in [0.29, 0.717) is 5.88 Å². The molecule has 3 heteroatoms. The lowest BCUT2D eigenvalue weighted by atomic mass is 10.1. The van der Waals surface area contributed by atoms with Crippen LogP contribution in [0, 0.1) is 5.92 Å². The number of hydrogen-bond donors (Lipinski definition) is 0. The fourth-order valence-corrected chi connectivity index (χ4v) is 1.75. The highest BCUT2D eigenvalue weighted by atomic mass is 35.5. The fourth-order valence-electron chi connectivity index (χ4n) is 1.62. The third-order valence-corrected chi connectivity index (χ3v) is 3.19. The molecule has 1 aromatic rings. The van der Waals surface area contributed by atoms with E-state index < -0.39 is 0 Å². The number of alkyl halides is 1. The van der Waals surface area contributed by atoms with E-state index in [1.807, 2.05) is 42.2 Å². The predicted octanol–water partition coefficient (Wildman–Crippen LogP) is 3.69. The van der Waals surface area contributed by atoms with Crippen LogP contribution in [0.4, 0.5) is 5.69 Å². The lowest BCUT2D eigenvalue weighted by Gasteiger charge is -2.25. The van der Waals surface area contributed by atoms with Gasteiger partial charge in [-0.05, 0) is 18.6 Å². The van der Waals surface area contributed by atoms with Gasteiger partial charge in [-0.25, -0.2) is 0 Å². The van der Waals surface area contributed by atoms with Crippen LogP contribution < -0.4 is 4.90 Å². The molecule has 0 saturated carbocycles. The van der Waals surface area contributed by atoms with Gasteiger partial charge in [0.1, 0.15) is 0 Å². The zero-order chi connectivity index (χ0) is 12.7. The molecule has 17 heavy (non-hydrogen) atoms. The first-order valence-electron chi connectivity index (χ1n) is 6.13. The highest BCUT2D eigenvalue weighted by Crippen LogP contribution is 2.17. The summed E-state index contributed by atoms with van der Waals surface area (Å²) in [5, 5.41) is 0. The summed E-state index contributed by atoms with van der Waals surface area (Å²) in [7, 11) is 0. The molecule has 0 spiro atoms. The zero-order valence-corrected chi connectivity index (χ0v) is 11.3. The van der Waals surface area contributed by atoms with Crippen molar-refractivity contribution in [2.24, 2.45) is 5.92 Å². The van der Waals surface area contributed by atoms with Gasteiger partial charge < -0.3 is 4.90 Å². The normalized spacial score (nSPS) is 12.2. The quantitative estimate of drug-likeness (QED) is 0.708. The summed E-state index contributed by atoms with van der Waals surface area (Å²) in [5.74, 6) is 0.349. The zero-order valence-electron chi connectivity index (χ0n) is 10.5. The van der Waals surface area contributed by atoms with Gasteiger partial charge in [0, 0.05) is 24.0 Å². The van der Waals surface area contributed by atoms with Crippen molar-refractivity contribution in [1.82, 2.24) is 0 Å². The first-order valence-corrected chi connectivity index (χ1v) is 6.66. The molecule has 1 unspecified atom stereocenters. The van der Waals surface area contributed by atoms with Crippen molar-refractivity contribution in [2.75, 3.05) is 17.3 Å². The SMILES string of the molecule is CCCCN(C(=O)C(C)CCl)c1ccccc1. The van der Waals surface area contributed by atoms with E-state index in [1.54, 1.807) is 0 Å². The van der Waals surface area contributed by atoms with Crippen molar-refractivity contribution < 1.29 is 4.79 Å². The van der Waals surface area contributed by atoms with Gasteiger partial charge in [-0.15, -0.1) is 11.6 Å². The minimum atomic E-state index is -0.131. The van der Waals surface area contributed by atoms with Gasteiger partial charge in [-0.2, -0.15) is 0 Å². The third kappa shape index (κ3) is 4.04. The van der Waals surface area contributed by atoms with Gasteiger partial charge in [0.25, 0.3) is 0 Å². The topological polar surface area (TPSA) is 20.3 Å². The van der Waals surface area contributed by atoms with Crippen molar-refractivity contribution in [3.05, 3.63) is 30.3 Å². The molecule has 2 nitrogen and oxygen atoms in total. The van der Waals surface area contributed by atoms with E-state index in [9.17, 15) is 4.79 Å². The molecule has 1 aromatic carbocycles. The molecule has 0 fully saturated rings. The number of amides is 1. The minimum Gasteiger partial charge on any atom is -0.312 e. The number of rotatable bonds is 6. The molecule has 1 atom stereocenters. The number of para-hydroxylation sites is 1. The molecule has 0 aromatic heterocycles. The first-order chi connectivity index (χ1) is 8.20. The maximum absolute atomic E-state index is 12.2.